The number of anilines is 1. The van der Waals surface area contributed by atoms with Crippen LogP contribution in [0.5, 0.6) is 11.6 Å². The third-order valence-electron chi connectivity index (χ3n) is 2.04. The molecule has 0 aliphatic rings. The van der Waals surface area contributed by atoms with E-state index in [2.05, 4.69) is 15.3 Å². The molecule has 2 rings (SSSR count). The van der Waals surface area contributed by atoms with E-state index in [1.807, 2.05) is 6.07 Å². The summed E-state index contributed by atoms with van der Waals surface area (Å²) in [4.78, 5) is 19.2. The van der Waals surface area contributed by atoms with Gasteiger partial charge in [0.25, 0.3) is 0 Å². The lowest BCUT2D eigenvalue weighted by Crippen LogP contribution is -2.17. The lowest BCUT2D eigenvalue weighted by Gasteiger charge is -2.06. The number of nitrogens with one attached hydrogen (secondary N) is 1. The van der Waals surface area contributed by atoms with Gasteiger partial charge in [0.2, 0.25) is 5.88 Å². The third-order valence-corrected chi connectivity index (χ3v) is 2.04. The minimum absolute atomic E-state index is 0.308. The average Bonchev–Trinajstić information content (AvgIpc) is 2.40. The Morgan fingerprint density at radius 1 is 1.22 bits per heavy atom. The van der Waals surface area contributed by atoms with Gasteiger partial charge in [0, 0.05) is 6.07 Å². The van der Waals surface area contributed by atoms with Gasteiger partial charge in [-0.1, -0.05) is 18.2 Å². The Morgan fingerprint density at radius 3 is 2.72 bits per heavy atom. The van der Waals surface area contributed by atoms with Crippen LogP contribution in [-0.4, -0.2) is 23.2 Å². The van der Waals surface area contributed by atoms with E-state index in [0.29, 0.717) is 17.4 Å². The molecule has 6 nitrogen and oxygen atoms in total. The first kappa shape index (κ1) is 11.8. The van der Waals surface area contributed by atoms with Crippen LogP contribution in [0.4, 0.5) is 10.6 Å². The topological polar surface area (TPSA) is 73.3 Å². The van der Waals surface area contributed by atoms with Gasteiger partial charge in [0.1, 0.15) is 17.9 Å². The van der Waals surface area contributed by atoms with Crippen molar-refractivity contribution in [2.75, 3.05) is 12.4 Å². The van der Waals surface area contributed by atoms with Gasteiger partial charge in [0.15, 0.2) is 0 Å². The number of hydrogen-bond donors (Lipinski definition) is 1. The summed E-state index contributed by atoms with van der Waals surface area (Å²) in [5, 5.41) is 2.47. The Morgan fingerprint density at radius 2 is 2.00 bits per heavy atom. The van der Waals surface area contributed by atoms with Gasteiger partial charge < -0.3 is 9.47 Å². The Balaban J connectivity index is 1.99. The second-order valence-electron chi connectivity index (χ2n) is 3.27. The normalized spacial score (nSPS) is 9.61. The highest BCUT2D eigenvalue weighted by molar-refractivity contribution is 5.85. The van der Waals surface area contributed by atoms with E-state index in [-0.39, 0.29) is 0 Å². The predicted octanol–water partition coefficient (Wildman–Crippen LogP) is 2.10. The highest BCUT2D eigenvalue weighted by Gasteiger charge is 2.06. The number of carbonyl (C=O) groups is 1. The van der Waals surface area contributed by atoms with Gasteiger partial charge in [-0.2, -0.15) is 0 Å². The SMILES string of the molecule is COc1cc(NC(=O)Oc2ccccc2)ncn1. The van der Waals surface area contributed by atoms with E-state index < -0.39 is 6.09 Å². The molecule has 0 saturated heterocycles. The van der Waals surface area contributed by atoms with Crippen LogP contribution < -0.4 is 14.8 Å². The van der Waals surface area contributed by atoms with Gasteiger partial charge in [-0.3, -0.25) is 5.32 Å². The zero-order valence-corrected chi connectivity index (χ0v) is 9.66. The summed E-state index contributed by atoms with van der Waals surface area (Å²) in [6, 6.07) is 10.2. The van der Waals surface area contributed by atoms with Crippen molar-refractivity contribution in [3.63, 3.8) is 0 Å². The second kappa shape index (κ2) is 5.62. The molecular weight excluding hydrogens is 234 g/mol. The molecule has 0 bridgehead atoms. The van der Waals surface area contributed by atoms with E-state index >= 15 is 0 Å². The van der Waals surface area contributed by atoms with Gasteiger partial charge >= 0.3 is 6.09 Å². The van der Waals surface area contributed by atoms with Crippen molar-refractivity contribution in [2.24, 2.45) is 0 Å². The molecule has 1 aromatic heterocycles. The number of benzene rings is 1. The first-order valence-electron chi connectivity index (χ1n) is 5.18. The Labute approximate surface area is 104 Å². The van der Waals surface area contributed by atoms with Gasteiger partial charge in [-0.25, -0.2) is 14.8 Å². The highest BCUT2D eigenvalue weighted by Crippen LogP contribution is 2.12. The van der Waals surface area contributed by atoms with Crippen molar-refractivity contribution >= 4 is 11.9 Å². The Kier molecular flexibility index (Phi) is 3.70. The quantitative estimate of drug-likeness (QED) is 0.896. The van der Waals surface area contributed by atoms with Crippen molar-refractivity contribution in [3.8, 4) is 11.6 Å². The molecule has 0 atom stereocenters. The first-order valence-corrected chi connectivity index (χ1v) is 5.18. The van der Waals surface area contributed by atoms with Crippen LogP contribution in [0, 0.1) is 0 Å². The largest absolute Gasteiger partial charge is 0.481 e. The summed E-state index contributed by atoms with van der Waals surface area (Å²) < 4.78 is 9.95. The molecule has 1 amide bonds. The van der Waals surface area contributed by atoms with Crippen molar-refractivity contribution in [3.05, 3.63) is 42.7 Å². The molecule has 0 saturated carbocycles. The Bertz CT molecular complexity index is 531. The number of ether oxygens (including phenoxy) is 2. The van der Waals surface area contributed by atoms with Crippen LogP contribution in [0.1, 0.15) is 0 Å². The zero-order valence-electron chi connectivity index (χ0n) is 9.66. The van der Waals surface area contributed by atoms with E-state index in [9.17, 15) is 4.79 Å². The summed E-state index contributed by atoms with van der Waals surface area (Å²) in [5.74, 6) is 1.12. The molecule has 1 aromatic carbocycles. The monoisotopic (exact) mass is 245 g/mol. The fourth-order valence-electron chi connectivity index (χ4n) is 1.25. The van der Waals surface area contributed by atoms with Crippen LogP contribution in [0.3, 0.4) is 0 Å². The molecule has 1 N–H and O–H groups in total. The summed E-state index contributed by atoms with van der Waals surface area (Å²) in [7, 11) is 1.48. The maximum atomic E-state index is 11.5. The number of rotatable bonds is 3. The molecule has 0 fully saturated rings. The number of methoxy groups -OCH3 is 1. The van der Waals surface area contributed by atoms with Gasteiger partial charge in [-0.05, 0) is 12.1 Å². The molecule has 1 heterocycles. The Hall–Kier alpha value is -2.63. The third kappa shape index (κ3) is 3.18. The maximum Gasteiger partial charge on any atom is 0.418 e. The van der Waals surface area contributed by atoms with E-state index in [0.717, 1.165) is 0 Å². The molecule has 0 aliphatic carbocycles. The smallest absolute Gasteiger partial charge is 0.418 e. The summed E-state index contributed by atoms with van der Waals surface area (Å²) in [6.45, 7) is 0. The van der Waals surface area contributed by atoms with Crippen LogP contribution in [-0.2, 0) is 0 Å². The van der Waals surface area contributed by atoms with Crippen LogP contribution in [0.25, 0.3) is 0 Å². The second-order valence-corrected chi connectivity index (χ2v) is 3.27. The van der Waals surface area contributed by atoms with Crippen molar-refractivity contribution in [1.29, 1.82) is 0 Å². The fourth-order valence-corrected chi connectivity index (χ4v) is 1.25. The molecule has 6 heteroatoms. The number of nitrogens with zero attached hydrogens (tertiary/aromatic N) is 2. The predicted molar refractivity (Wildman–Crippen MR) is 64.7 cm³/mol. The molecule has 0 radical (unpaired) electrons. The number of para-hydroxylation sites is 1. The zero-order chi connectivity index (χ0) is 12.8. The minimum Gasteiger partial charge on any atom is -0.481 e. The lowest BCUT2D eigenvalue weighted by molar-refractivity contribution is 0.215. The highest BCUT2D eigenvalue weighted by atomic mass is 16.6. The van der Waals surface area contributed by atoms with Gasteiger partial charge in [-0.15, -0.1) is 0 Å². The molecule has 92 valence electrons. The van der Waals surface area contributed by atoms with E-state index in [1.54, 1.807) is 24.3 Å². The average molecular weight is 245 g/mol. The number of carbonyl (C=O) groups excluding carboxylic acids is 1. The van der Waals surface area contributed by atoms with Crippen molar-refractivity contribution in [1.82, 2.24) is 9.97 Å². The summed E-state index contributed by atoms with van der Waals surface area (Å²) >= 11 is 0. The van der Waals surface area contributed by atoms with E-state index in [4.69, 9.17) is 9.47 Å². The minimum atomic E-state index is -0.623. The maximum absolute atomic E-state index is 11.5. The van der Waals surface area contributed by atoms with Crippen molar-refractivity contribution in [2.45, 2.75) is 0 Å². The lowest BCUT2D eigenvalue weighted by atomic mass is 10.3. The molecule has 0 unspecified atom stereocenters. The van der Waals surface area contributed by atoms with Crippen molar-refractivity contribution < 1.29 is 14.3 Å². The van der Waals surface area contributed by atoms with Gasteiger partial charge in [0.05, 0.1) is 7.11 Å². The first-order chi connectivity index (χ1) is 8.78. The van der Waals surface area contributed by atoms with Crippen LogP contribution >= 0.6 is 0 Å². The number of amides is 1. The molecule has 2 aromatic rings. The molecule has 0 aliphatic heterocycles. The molecule has 0 spiro atoms. The number of aromatic nitrogens is 2. The fraction of sp³-hybridized carbons (Fsp3) is 0.0833. The number of hydrogen-bond acceptors (Lipinski definition) is 5. The standard InChI is InChI=1S/C12H11N3O3/c1-17-11-7-10(13-8-14-11)15-12(16)18-9-5-3-2-4-6-9/h2-8H,1H3,(H,13,14,15,16). The summed E-state index contributed by atoms with van der Waals surface area (Å²) in [5.41, 5.74) is 0. The molecular formula is C12H11N3O3. The summed E-state index contributed by atoms with van der Waals surface area (Å²) in [6.07, 6.45) is 0.665. The molecule has 18 heavy (non-hydrogen) atoms. The van der Waals surface area contributed by atoms with Crippen LogP contribution in [0.15, 0.2) is 42.7 Å². The van der Waals surface area contributed by atoms with Crippen LogP contribution in [0.2, 0.25) is 0 Å². The van der Waals surface area contributed by atoms with E-state index in [1.165, 1.54) is 19.5 Å².